The van der Waals surface area contributed by atoms with Crippen LogP contribution in [0.5, 0.6) is 5.75 Å². The van der Waals surface area contributed by atoms with Gasteiger partial charge in [-0.2, -0.15) is 0 Å². The van der Waals surface area contributed by atoms with Crippen LogP contribution in [0.2, 0.25) is 0 Å². The van der Waals surface area contributed by atoms with Crippen molar-refractivity contribution in [3.8, 4) is 5.75 Å². The number of thioether (sulfide) groups is 1. The van der Waals surface area contributed by atoms with E-state index in [1.165, 1.54) is 5.57 Å². The van der Waals surface area contributed by atoms with Crippen LogP contribution in [0.1, 0.15) is 36.2 Å². The maximum atomic E-state index is 12.1. The highest BCUT2D eigenvalue weighted by molar-refractivity contribution is 8.03. The maximum Gasteiger partial charge on any atom is 0.255 e. The van der Waals surface area contributed by atoms with Crippen LogP contribution in [0.3, 0.4) is 0 Å². The molecule has 0 aliphatic carbocycles. The molecule has 0 bridgehead atoms. The third-order valence-electron chi connectivity index (χ3n) is 3.90. The normalized spacial score (nSPS) is 19.4. The van der Waals surface area contributed by atoms with Crippen LogP contribution in [0, 0.1) is 0 Å². The molecule has 1 aromatic carbocycles. The fraction of sp³-hybridized carbons (Fsp3) is 0.263. The smallest absolute Gasteiger partial charge is 0.255 e. The molecule has 3 rings (SSSR count). The molecular weight excluding hydrogens is 334 g/mol. The average Bonchev–Trinajstić information content (AvgIpc) is 2.93. The summed E-state index contributed by atoms with van der Waals surface area (Å²) in [6.07, 6.45) is 2.48. The summed E-state index contributed by atoms with van der Waals surface area (Å²) in [6.45, 7) is 4.62. The van der Waals surface area contributed by atoms with Crippen LogP contribution in [-0.2, 0) is 6.54 Å². The van der Waals surface area contributed by atoms with Crippen LogP contribution in [0.25, 0.3) is 0 Å². The second kappa shape index (κ2) is 7.19. The van der Waals surface area contributed by atoms with E-state index in [-0.39, 0.29) is 16.7 Å². The van der Waals surface area contributed by atoms with Gasteiger partial charge >= 0.3 is 0 Å². The Hall–Kier alpha value is -2.47. The molecule has 0 radical (unpaired) electrons. The van der Waals surface area contributed by atoms with Crippen LogP contribution in [0.15, 0.2) is 53.6 Å². The minimum atomic E-state index is -0.238. The van der Waals surface area contributed by atoms with Crippen molar-refractivity contribution >= 4 is 23.5 Å². The number of nitrogens with one attached hydrogen (secondary N) is 1. The van der Waals surface area contributed by atoms with Gasteiger partial charge in [0.25, 0.3) is 5.91 Å². The van der Waals surface area contributed by atoms with Crippen molar-refractivity contribution in [3.05, 3.63) is 64.7 Å². The number of nitrogen functional groups attached to an aromatic ring is 1. The minimum Gasteiger partial charge on any atom is -0.476 e. The average molecular weight is 355 g/mol. The Morgan fingerprint density at radius 3 is 2.76 bits per heavy atom. The lowest BCUT2D eigenvalue weighted by atomic mass is 10.1. The second-order valence-corrected chi connectivity index (χ2v) is 7.59. The van der Waals surface area contributed by atoms with Crippen molar-refractivity contribution < 1.29 is 9.53 Å². The van der Waals surface area contributed by atoms with Gasteiger partial charge in [-0.05, 0) is 49.1 Å². The summed E-state index contributed by atoms with van der Waals surface area (Å²) in [5.41, 5.74) is 8.42. The topological polar surface area (TPSA) is 77.2 Å². The van der Waals surface area contributed by atoms with E-state index in [9.17, 15) is 4.79 Å². The SMILES string of the molecule is CC1=CSC(C)(Oc2ccc(CNC(=O)c3cccnc3N)cc2)C1. The Morgan fingerprint density at radius 2 is 2.12 bits per heavy atom. The molecule has 1 aromatic heterocycles. The highest BCUT2D eigenvalue weighted by Gasteiger charge is 2.31. The molecule has 2 aromatic rings. The van der Waals surface area contributed by atoms with E-state index in [1.54, 1.807) is 30.1 Å². The maximum absolute atomic E-state index is 12.1. The molecule has 0 spiro atoms. The monoisotopic (exact) mass is 355 g/mol. The number of hydrogen-bond acceptors (Lipinski definition) is 5. The molecular formula is C19H21N3O2S. The quantitative estimate of drug-likeness (QED) is 0.854. The molecule has 0 fully saturated rings. The Balaban J connectivity index is 1.56. The molecule has 3 N–H and O–H groups in total. The standard InChI is InChI=1S/C19H21N3O2S/c1-13-10-19(2,25-12-13)24-15-7-5-14(6-8-15)11-22-18(23)16-4-3-9-21-17(16)20/h3-9,12H,10-11H2,1-2H3,(H2,20,21)(H,22,23). The molecule has 0 saturated heterocycles. The van der Waals surface area contributed by atoms with Crippen molar-refractivity contribution in [1.82, 2.24) is 10.3 Å². The molecule has 1 amide bonds. The van der Waals surface area contributed by atoms with Gasteiger partial charge in [0, 0.05) is 19.2 Å². The lowest BCUT2D eigenvalue weighted by molar-refractivity contribution is 0.0951. The number of pyridine rings is 1. The van der Waals surface area contributed by atoms with Crippen molar-refractivity contribution in [2.24, 2.45) is 0 Å². The van der Waals surface area contributed by atoms with Crippen LogP contribution < -0.4 is 15.8 Å². The van der Waals surface area contributed by atoms with Gasteiger partial charge < -0.3 is 15.8 Å². The molecule has 1 unspecified atom stereocenters. The van der Waals surface area contributed by atoms with Gasteiger partial charge in [-0.15, -0.1) is 0 Å². The van der Waals surface area contributed by atoms with E-state index in [1.807, 2.05) is 24.3 Å². The number of benzene rings is 1. The minimum absolute atomic E-state index is 0.231. The predicted octanol–water partition coefficient (Wildman–Crippen LogP) is 3.73. The molecule has 1 atom stereocenters. The van der Waals surface area contributed by atoms with E-state index < -0.39 is 0 Å². The zero-order valence-electron chi connectivity index (χ0n) is 14.3. The summed E-state index contributed by atoms with van der Waals surface area (Å²) in [5.74, 6) is 0.821. The first kappa shape index (κ1) is 17.4. The van der Waals surface area contributed by atoms with Crippen LogP contribution in [0.4, 0.5) is 5.82 Å². The number of nitrogens with zero attached hydrogens (tertiary/aromatic N) is 1. The molecule has 6 heteroatoms. The molecule has 2 heterocycles. The van der Waals surface area contributed by atoms with E-state index in [0.717, 1.165) is 17.7 Å². The number of nitrogens with two attached hydrogens (primary N) is 1. The summed E-state index contributed by atoms with van der Waals surface area (Å²) >= 11 is 1.71. The molecule has 1 aliphatic heterocycles. The van der Waals surface area contributed by atoms with E-state index in [4.69, 9.17) is 10.5 Å². The van der Waals surface area contributed by atoms with Crippen LogP contribution >= 0.6 is 11.8 Å². The number of anilines is 1. The fourth-order valence-corrected chi connectivity index (χ4v) is 3.68. The Labute approximate surface area is 151 Å². The van der Waals surface area contributed by atoms with Gasteiger partial charge in [0.15, 0.2) is 4.93 Å². The highest BCUT2D eigenvalue weighted by Crippen LogP contribution is 2.41. The summed E-state index contributed by atoms with van der Waals surface area (Å²) in [6, 6.07) is 11.1. The summed E-state index contributed by atoms with van der Waals surface area (Å²) in [5, 5.41) is 5.00. The highest BCUT2D eigenvalue weighted by atomic mass is 32.2. The second-order valence-electron chi connectivity index (χ2n) is 6.26. The first-order chi connectivity index (χ1) is 12.0. The molecule has 0 saturated carbocycles. The molecule has 5 nitrogen and oxygen atoms in total. The van der Waals surface area contributed by atoms with Crippen molar-refractivity contribution in [2.45, 2.75) is 31.7 Å². The molecule has 25 heavy (non-hydrogen) atoms. The van der Waals surface area contributed by atoms with E-state index in [0.29, 0.717) is 12.1 Å². The lowest BCUT2D eigenvalue weighted by Gasteiger charge is -2.25. The lowest BCUT2D eigenvalue weighted by Crippen LogP contribution is -2.25. The zero-order chi connectivity index (χ0) is 17.9. The van der Waals surface area contributed by atoms with Crippen molar-refractivity contribution in [2.75, 3.05) is 5.73 Å². The Kier molecular flexibility index (Phi) is 4.99. The van der Waals surface area contributed by atoms with E-state index in [2.05, 4.69) is 29.6 Å². The number of amides is 1. The van der Waals surface area contributed by atoms with Gasteiger partial charge in [-0.3, -0.25) is 4.79 Å². The number of aromatic nitrogens is 1. The van der Waals surface area contributed by atoms with Gasteiger partial charge in [0.2, 0.25) is 0 Å². The van der Waals surface area contributed by atoms with E-state index >= 15 is 0 Å². The number of hydrogen-bond donors (Lipinski definition) is 2. The largest absolute Gasteiger partial charge is 0.476 e. The number of carbonyl (C=O) groups excluding carboxylic acids is 1. The predicted molar refractivity (Wildman–Crippen MR) is 101 cm³/mol. The van der Waals surface area contributed by atoms with Crippen molar-refractivity contribution in [1.29, 1.82) is 0 Å². The Morgan fingerprint density at radius 1 is 1.36 bits per heavy atom. The van der Waals surface area contributed by atoms with Gasteiger partial charge in [-0.1, -0.05) is 29.5 Å². The molecule has 130 valence electrons. The van der Waals surface area contributed by atoms with Gasteiger partial charge in [0.1, 0.15) is 11.6 Å². The van der Waals surface area contributed by atoms with Crippen LogP contribution in [-0.4, -0.2) is 15.8 Å². The molecule has 1 aliphatic rings. The Bertz CT molecular complexity index is 805. The number of rotatable bonds is 5. The summed E-state index contributed by atoms with van der Waals surface area (Å²) in [7, 11) is 0. The third kappa shape index (κ3) is 4.33. The summed E-state index contributed by atoms with van der Waals surface area (Å²) in [4.78, 5) is 15.8. The van der Waals surface area contributed by atoms with Crippen molar-refractivity contribution in [3.63, 3.8) is 0 Å². The number of ether oxygens (including phenoxy) is 1. The summed E-state index contributed by atoms with van der Waals surface area (Å²) < 4.78 is 6.10. The number of carbonyl (C=O) groups is 1. The van der Waals surface area contributed by atoms with Gasteiger partial charge in [-0.25, -0.2) is 4.98 Å². The zero-order valence-corrected chi connectivity index (χ0v) is 15.1. The third-order valence-corrected chi connectivity index (χ3v) is 5.15. The first-order valence-electron chi connectivity index (χ1n) is 8.05. The fourth-order valence-electron chi connectivity index (χ4n) is 2.69. The first-order valence-corrected chi connectivity index (χ1v) is 8.93. The van der Waals surface area contributed by atoms with Gasteiger partial charge in [0.05, 0.1) is 5.56 Å².